The topological polar surface area (TPSA) is 59.3 Å². The van der Waals surface area contributed by atoms with Crippen molar-refractivity contribution in [2.45, 2.75) is 6.92 Å². The molecule has 5 heteroatoms. The Bertz CT molecular complexity index is 783. The number of fused-ring (bicyclic) bond motifs is 1. The number of carbonyl (C=O) groups is 1. The molecule has 0 spiro atoms. The van der Waals surface area contributed by atoms with Crippen LogP contribution < -0.4 is 9.47 Å². The minimum Gasteiger partial charge on any atom is -0.479 e. The molecule has 1 aromatic carbocycles. The van der Waals surface area contributed by atoms with Gasteiger partial charge in [-0.15, -0.1) is 11.3 Å². The Morgan fingerprint density at radius 1 is 1.43 bits per heavy atom. The van der Waals surface area contributed by atoms with Gasteiger partial charge in [0, 0.05) is 17.0 Å². The average Bonchev–Trinajstić information content (AvgIpc) is 3.02. The van der Waals surface area contributed by atoms with Crippen LogP contribution in [0.1, 0.15) is 20.8 Å². The van der Waals surface area contributed by atoms with Crippen molar-refractivity contribution in [1.82, 2.24) is 0 Å². The predicted molar refractivity (Wildman–Crippen MR) is 79.5 cm³/mol. The van der Waals surface area contributed by atoms with Crippen molar-refractivity contribution in [3.8, 4) is 17.6 Å². The number of Topliss-reactive ketones (excluding diaryl/α,β-unsaturated/α-hetero) is 1. The Morgan fingerprint density at radius 2 is 2.29 bits per heavy atom. The first kappa shape index (κ1) is 13.4. The van der Waals surface area contributed by atoms with E-state index in [4.69, 9.17) is 14.7 Å². The molecule has 104 valence electrons. The molecule has 0 N–H and O–H groups in total. The molecule has 2 heterocycles. The molecule has 0 saturated carbocycles. The predicted octanol–water partition coefficient (Wildman–Crippen LogP) is 3.58. The molecule has 1 aliphatic heterocycles. The lowest BCUT2D eigenvalue weighted by atomic mass is 10.1. The maximum atomic E-state index is 12.3. The number of carbonyl (C=O) groups excluding carboxylic acids is 1. The first-order chi connectivity index (χ1) is 10.2. The van der Waals surface area contributed by atoms with E-state index < -0.39 is 0 Å². The summed E-state index contributed by atoms with van der Waals surface area (Å²) in [5.74, 6) is 1.16. The van der Waals surface area contributed by atoms with Crippen LogP contribution in [-0.4, -0.2) is 12.4 Å². The van der Waals surface area contributed by atoms with Crippen molar-refractivity contribution in [2.24, 2.45) is 0 Å². The molecule has 0 unspecified atom stereocenters. The number of allylic oxidation sites excluding steroid dienone is 1. The third-order valence-electron chi connectivity index (χ3n) is 3.11. The zero-order chi connectivity index (χ0) is 14.8. The highest BCUT2D eigenvalue weighted by Gasteiger charge is 2.28. The molecule has 0 bridgehead atoms. The van der Waals surface area contributed by atoms with Gasteiger partial charge in [0.2, 0.25) is 5.78 Å². The lowest BCUT2D eigenvalue weighted by Crippen LogP contribution is -1.97. The Hall–Kier alpha value is -2.58. The highest BCUT2D eigenvalue weighted by molar-refractivity contribution is 7.11. The standard InChI is InChI=1S/C16H11NO3S/c1-10-4-7-21-15(10)9-14-16(18)12-3-2-11(19-6-5-17)8-13(12)20-14/h2-4,7-9H,6H2,1H3. The van der Waals surface area contributed by atoms with Crippen LogP contribution >= 0.6 is 11.3 Å². The molecule has 4 nitrogen and oxygen atoms in total. The maximum Gasteiger partial charge on any atom is 0.232 e. The summed E-state index contributed by atoms with van der Waals surface area (Å²) >= 11 is 1.56. The molecule has 0 atom stereocenters. The first-order valence-electron chi connectivity index (χ1n) is 6.31. The highest BCUT2D eigenvalue weighted by atomic mass is 32.1. The number of nitrogens with zero attached hydrogens (tertiary/aromatic N) is 1. The average molecular weight is 297 g/mol. The summed E-state index contributed by atoms with van der Waals surface area (Å²) in [6.45, 7) is 1.95. The van der Waals surface area contributed by atoms with Crippen LogP contribution in [0.15, 0.2) is 35.4 Å². The summed E-state index contributed by atoms with van der Waals surface area (Å²) in [6, 6.07) is 8.85. The summed E-state index contributed by atoms with van der Waals surface area (Å²) in [5, 5.41) is 10.5. The number of hydrogen-bond acceptors (Lipinski definition) is 5. The molecule has 0 fully saturated rings. The summed E-state index contributed by atoms with van der Waals surface area (Å²) in [4.78, 5) is 13.3. The van der Waals surface area contributed by atoms with E-state index in [0.717, 1.165) is 10.4 Å². The van der Waals surface area contributed by atoms with Crippen LogP contribution in [0.25, 0.3) is 6.08 Å². The first-order valence-corrected chi connectivity index (χ1v) is 7.19. The van der Waals surface area contributed by atoms with E-state index in [1.54, 1.807) is 35.6 Å². The van der Waals surface area contributed by atoms with E-state index in [0.29, 0.717) is 22.8 Å². The van der Waals surface area contributed by atoms with Crippen LogP contribution in [0.5, 0.6) is 11.5 Å². The highest BCUT2D eigenvalue weighted by Crippen LogP contribution is 2.35. The second-order valence-corrected chi connectivity index (χ2v) is 5.46. The van der Waals surface area contributed by atoms with E-state index in [9.17, 15) is 4.79 Å². The minimum absolute atomic E-state index is 0.0379. The molecule has 2 aromatic rings. The Morgan fingerprint density at radius 3 is 3.00 bits per heavy atom. The lowest BCUT2D eigenvalue weighted by Gasteiger charge is -2.02. The zero-order valence-electron chi connectivity index (χ0n) is 11.3. The van der Waals surface area contributed by atoms with Gasteiger partial charge in [-0.2, -0.15) is 5.26 Å². The minimum atomic E-state index is -0.135. The van der Waals surface area contributed by atoms with E-state index >= 15 is 0 Å². The number of ketones is 1. The van der Waals surface area contributed by atoms with Crippen LogP contribution in [-0.2, 0) is 0 Å². The molecule has 0 saturated heterocycles. The largest absolute Gasteiger partial charge is 0.479 e. The number of hydrogen-bond donors (Lipinski definition) is 0. The van der Waals surface area contributed by atoms with Gasteiger partial charge >= 0.3 is 0 Å². The quantitative estimate of drug-likeness (QED) is 0.813. The van der Waals surface area contributed by atoms with Crippen molar-refractivity contribution < 1.29 is 14.3 Å². The van der Waals surface area contributed by atoms with Crippen molar-refractivity contribution >= 4 is 23.2 Å². The number of thiophene rings is 1. The molecule has 1 aliphatic rings. The number of nitriles is 1. The second-order valence-electron chi connectivity index (χ2n) is 4.51. The third kappa shape index (κ3) is 2.54. The van der Waals surface area contributed by atoms with Crippen molar-refractivity contribution in [2.75, 3.05) is 6.61 Å². The van der Waals surface area contributed by atoms with Crippen LogP contribution in [0.2, 0.25) is 0 Å². The summed E-state index contributed by atoms with van der Waals surface area (Å²) in [6.07, 6.45) is 1.76. The molecule has 1 aromatic heterocycles. The van der Waals surface area contributed by atoms with Gasteiger partial charge in [-0.25, -0.2) is 0 Å². The Labute approximate surface area is 125 Å². The molecule has 3 rings (SSSR count). The number of benzene rings is 1. The van der Waals surface area contributed by atoms with E-state index in [1.165, 1.54) is 0 Å². The number of rotatable bonds is 3. The number of aryl methyl sites for hydroxylation is 1. The monoisotopic (exact) mass is 297 g/mol. The van der Waals surface area contributed by atoms with E-state index in [-0.39, 0.29) is 12.4 Å². The van der Waals surface area contributed by atoms with Gasteiger partial charge in [-0.1, -0.05) is 0 Å². The van der Waals surface area contributed by atoms with Gasteiger partial charge in [-0.05, 0) is 36.1 Å². The Kier molecular flexibility index (Phi) is 3.46. The summed E-state index contributed by atoms with van der Waals surface area (Å²) in [7, 11) is 0. The maximum absolute atomic E-state index is 12.3. The molecular weight excluding hydrogens is 286 g/mol. The number of ether oxygens (including phenoxy) is 2. The van der Waals surface area contributed by atoms with Gasteiger partial charge < -0.3 is 9.47 Å². The van der Waals surface area contributed by atoms with E-state index in [1.807, 2.05) is 24.4 Å². The fraction of sp³-hybridized carbons (Fsp3) is 0.125. The summed E-state index contributed by atoms with van der Waals surface area (Å²) < 4.78 is 10.8. The van der Waals surface area contributed by atoms with Crippen molar-refractivity contribution in [3.63, 3.8) is 0 Å². The molecule has 21 heavy (non-hydrogen) atoms. The molecule has 0 aliphatic carbocycles. The smallest absolute Gasteiger partial charge is 0.232 e. The van der Waals surface area contributed by atoms with E-state index in [2.05, 4.69) is 0 Å². The molecule has 0 amide bonds. The van der Waals surface area contributed by atoms with Gasteiger partial charge in [0.25, 0.3) is 0 Å². The second kappa shape index (κ2) is 5.43. The molecular formula is C16H11NO3S. The van der Waals surface area contributed by atoms with Gasteiger partial charge in [0.05, 0.1) is 5.56 Å². The SMILES string of the molecule is Cc1ccsc1C=C1Oc2cc(OCC#N)ccc2C1=O. The van der Waals surface area contributed by atoms with Crippen LogP contribution in [0, 0.1) is 18.3 Å². The van der Waals surface area contributed by atoms with Crippen molar-refractivity contribution in [1.29, 1.82) is 5.26 Å². The van der Waals surface area contributed by atoms with Gasteiger partial charge in [0.1, 0.15) is 17.6 Å². The van der Waals surface area contributed by atoms with Crippen LogP contribution in [0.4, 0.5) is 0 Å². The van der Waals surface area contributed by atoms with Crippen LogP contribution in [0.3, 0.4) is 0 Å². The molecule has 0 radical (unpaired) electrons. The fourth-order valence-corrected chi connectivity index (χ4v) is 2.87. The Balaban J connectivity index is 1.90. The lowest BCUT2D eigenvalue weighted by molar-refractivity contribution is 0.101. The third-order valence-corrected chi connectivity index (χ3v) is 4.07. The zero-order valence-corrected chi connectivity index (χ0v) is 12.1. The fourth-order valence-electron chi connectivity index (χ4n) is 2.02. The summed E-state index contributed by atoms with van der Waals surface area (Å²) in [5.41, 5.74) is 1.62. The van der Waals surface area contributed by atoms with Gasteiger partial charge in [0.15, 0.2) is 12.4 Å². The van der Waals surface area contributed by atoms with Gasteiger partial charge in [-0.3, -0.25) is 4.79 Å². The normalized spacial score (nSPS) is 14.7. The van der Waals surface area contributed by atoms with Crippen molar-refractivity contribution in [3.05, 3.63) is 51.4 Å².